The van der Waals surface area contributed by atoms with Crippen LogP contribution in [-0.4, -0.2) is 40.8 Å². The minimum absolute atomic E-state index is 0.0475. The van der Waals surface area contributed by atoms with Crippen LogP contribution in [0.3, 0.4) is 0 Å². The van der Waals surface area contributed by atoms with Crippen molar-refractivity contribution in [2.45, 2.75) is 38.1 Å². The van der Waals surface area contributed by atoms with E-state index in [4.69, 9.17) is 32.7 Å². The molecule has 186 valence electrons. The average Bonchev–Trinajstić information content (AvgIpc) is 3.42. The van der Waals surface area contributed by atoms with Crippen molar-refractivity contribution in [2.24, 2.45) is 0 Å². The Labute approximate surface area is 209 Å². The number of Topliss-reactive ketones (excluding diaryl/α,β-unsaturated/α-hetero) is 1. The van der Waals surface area contributed by atoms with E-state index in [9.17, 15) is 23.5 Å². The summed E-state index contributed by atoms with van der Waals surface area (Å²) in [6, 6.07) is 5.22. The van der Waals surface area contributed by atoms with Gasteiger partial charge in [0.25, 0.3) is 5.91 Å². The predicted octanol–water partition coefficient (Wildman–Crippen LogP) is 4.86. The fourth-order valence-electron chi connectivity index (χ4n) is 4.23. The van der Waals surface area contributed by atoms with Crippen LogP contribution in [0.15, 0.2) is 30.5 Å². The number of ketones is 1. The zero-order chi connectivity index (χ0) is 25.5. The first-order valence-electron chi connectivity index (χ1n) is 10.7. The first-order valence-corrected chi connectivity index (χ1v) is 11.4. The van der Waals surface area contributed by atoms with Gasteiger partial charge in [0.15, 0.2) is 11.4 Å². The first kappa shape index (κ1) is 25.5. The lowest BCUT2D eigenvalue weighted by Crippen LogP contribution is -2.43. The third-order valence-electron chi connectivity index (χ3n) is 5.85. The summed E-state index contributed by atoms with van der Waals surface area (Å²) in [5.74, 6) is -2.84. The van der Waals surface area contributed by atoms with Crippen LogP contribution in [0.2, 0.25) is 10.0 Å². The van der Waals surface area contributed by atoms with Crippen LogP contribution in [-0.2, 0) is 31.1 Å². The molecule has 7 nitrogen and oxygen atoms in total. The van der Waals surface area contributed by atoms with Gasteiger partial charge >= 0.3 is 0 Å². The van der Waals surface area contributed by atoms with Gasteiger partial charge in [0.1, 0.15) is 17.4 Å². The molecule has 3 N–H and O–H groups in total. The number of H-pyrrole nitrogens is 1. The number of halogens is 4. The van der Waals surface area contributed by atoms with Crippen molar-refractivity contribution in [2.75, 3.05) is 18.5 Å². The van der Waals surface area contributed by atoms with Gasteiger partial charge in [0.05, 0.1) is 23.3 Å². The second kappa shape index (κ2) is 9.48. The summed E-state index contributed by atoms with van der Waals surface area (Å²) in [5, 5.41) is 13.8. The van der Waals surface area contributed by atoms with Gasteiger partial charge in [-0.15, -0.1) is 0 Å². The quantitative estimate of drug-likeness (QED) is 0.450. The molecular weight excluding hydrogens is 505 g/mol. The molecule has 0 bridgehead atoms. The molecule has 0 aliphatic carbocycles. The first-order chi connectivity index (χ1) is 16.4. The number of nitrogens with one attached hydrogen (secondary N) is 2. The lowest BCUT2D eigenvalue weighted by atomic mass is 9.88. The number of aromatic nitrogens is 1. The van der Waals surface area contributed by atoms with E-state index in [1.807, 2.05) is 0 Å². The molecule has 0 saturated carbocycles. The van der Waals surface area contributed by atoms with Gasteiger partial charge < -0.3 is 24.9 Å². The van der Waals surface area contributed by atoms with Crippen LogP contribution >= 0.6 is 23.2 Å². The second-order valence-electron chi connectivity index (χ2n) is 8.64. The lowest BCUT2D eigenvalue weighted by Gasteiger charge is -2.30. The second-order valence-corrected chi connectivity index (χ2v) is 9.45. The van der Waals surface area contributed by atoms with Crippen LogP contribution in [0.25, 0.3) is 10.9 Å². The Morgan fingerprint density at radius 3 is 2.40 bits per heavy atom. The zero-order valence-electron chi connectivity index (χ0n) is 18.8. The van der Waals surface area contributed by atoms with Crippen molar-refractivity contribution < 1.29 is 33.0 Å². The Hall–Kier alpha value is -2.56. The SMILES string of the molecule is CC(=O)Cc1c[nH]c2cc(Cl)c(F)cc12.CC1(CC2(O)C(=O)Nc3cc(Cl)c(F)cc32)OCCO1. The van der Waals surface area contributed by atoms with Gasteiger partial charge in [-0.2, -0.15) is 0 Å². The summed E-state index contributed by atoms with van der Waals surface area (Å²) in [4.78, 5) is 26.0. The standard InChI is InChI=1S/C13H13ClFNO4.C11H9ClFNO/c1-12(19-2-3-20-12)6-13(18)7-4-9(15)8(14)5-10(7)16-11(13)17;1-6(15)2-7-5-14-11-4-9(12)10(13)3-8(7)11/h4-5,18H,2-3,6H2,1H3,(H,16,17);3-5,14H,2H2,1H3. The highest BCUT2D eigenvalue weighted by Gasteiger charge is 2.51. The number of benzene rings is 2. The molecule has 2 aliphatic heterocycles. The summed E-state index contributed by atoms with van der Waals surface area (Å²) >= 11 is 11.3. The van der Waals surface area contributed by atoms with E-state index in [1.165, 1.54) is 25.1 Å². The maximum absolute atomic E-state index is 13.6. The van der Waals surface area contributed by atoms with Gasteiger partial charge in [-0.25, -0.2) is 8.78 Å². The van der Waals surface area contributed by atoms with E-state index in [1.54, 1.807) is 13.1 Å². The minimum atomic E-state index is -1.90. The van der Waals surface area contributed by atoms with E-state index < -0.39 is 28.9 Å². The van der Waals surface area contributed by atoms with E-state index in [2.05, 4.69) is 10.3 Å². The molecule has 1 aromatic heterocycles. The number of anilines is 1. The summed E-state index contributed by atoms with van der Waals surface area (Å²) < 4.78 is 37.6. The van der Waals surface area contributed by atoms with Crippen molar-refractivity contribution in [3.05, 3.63) is 63.3 Å². The largest absolute Gasteiger partial charge is 0.375 e. The smallest absolute Gasteiger partial charge is 0.261 e. The highest BCUT2D eigenvalue weighted by Crippen LogP contribution is 2.44. The van der Waals surface area contributed by atoms with E-state index in [0.717, 1.165) is 17.1 Å². The molecule has 0 radical (unpaired) electrons. The van der Waals surface area contributed by atoms with Crippen molar-refractivity contribution >= 4 is 51.5 Å². The number of aromatic amines is 1. The van der Waals surface area contributed by atoms with E-state index >= 15 is 0 Å². The Morgan fingerprint density at radius 2 is 1.74 bits per heavy atom. The maximum atomic E-state index is 13.6. The number of hydrogen-bond donors (Lipinski definition) is 3. The molecule has 3 heterocycles. The molecule has 1 unspecified atom stereocenters. The van der Waals surface area contributed by atoms with E-state index in [-0.39, 0.29) is 27.8 Å². The van der Waals surface area contributed by atoms with Gasteiger partial charge in [-0.05, 0) is 43.7 Å². The van der Waals surface area contributed by atoms with Crippen molar-refractivity contribution in [3.8, 4) is 0 Å². The number of carbonyl (C=O) groups excluding carboxylic acids is 2. The number of hydrogen-bond acceptors (Lipinski definition) is 5. The third kappa shape index (κ3) is 5.05. The van der Waals surface area contributed by atoms with Crippen LogP contribution < -0.4 is 5.32 Å². The van der Waals surface area contributed by atoms with Crippen LogP contribution in [0.5, 0.6) is 0 Å². The van der Waals surface area contributed by atoms with Crippen molar-refractivity contribution in [1.29, 1.82) is 0 Å². The topological polar surface area (TPSA) is 101 Å². The number of aliphatic hydroxyl groups is 1. The molecule has 11 heteroatoms. The molecule has 35 heavy (non-hydrogen) atoms. The van der Waals surface area contributed by atoms with Gasteiger partial charge in [0, 0.05) is 41.2 Å². The zero-order valence-corrected chi connectivity index (χ0v) is 20.3. The van der Waals surface area contributed by atoms with E-state index in [0.29, 0.717) is 30.7 Å². The summed E-state index contributed by atoms with van der Waals surface area (Å²) in [6.45, 7) is 3.91. The van der Waals surface area contributed by atoms with Gasteiger partial charge in [0.2, 0.25) is 0 Å². The Balaban J connectivity index is 0.000000172. The monoisotopic (exact) mass is 526 g/mol. The Kier molecular flexibility index (Phi) is 6.91. The van der Waals surface area contributed by atoms with Crippen LogP contribution in [0, 0.1) is 11.6 Å². The number of fused-ring (bicyclic) bond motifs is 2. The highest BCUT2D eigenvalue weighted by atomic mass is 35.5. The third-order valence-corrected chi connectivity index (χ3v) is 6.43. The van der Waals surface area contributed by atoms with Crippen molar-refractivity contribution in [1.82, 2.24) is 4.98 Å². The Morgan fingerprint density at radius 1 is 1.11 bits per heavy atom. The summed E-state index contributed by atoms with van der Waals surface area (Å²) in [7, 11) is 0. The summed E-state index contributed by atoms with van der Waals surface area (Å²) in [6.07, 6.45) is 1.89. The van der Waals surface area contributed by atoms with Gasteiger partial charge in [-0.1, -0.05) is 23.2 Å². The molecule has 1 saturated heterocycles. The fourth-order valence-corrected chi connectivity index (χ4v) is 4.56. The molecule has 1 fully saturated rings. The molecule has 2 aromatic carbocycles. The molecular formula is C24H22Cl2F2N2O5. The average molecular weight is 527 g/mol. The van der Waals surface area contributed by atoms with Crippen molar-refractivity contribution in [3.63, 3.8) is 0 Å². The fraction of sp³-hybridized carbons (Fsp3) is 0.333. The molecule has 5 rings (SSSR count). The Bertz CT molecular complexity index is 1320. The molecule has 3 aromatic rings. The maximum Gasteiger partial charge on any atom is 0.261 e. The number of ether oxygens (including phenoxy) is 2. The number of amides is 1. The lowest BCUT2D eigenvalue weighted by molar-refractivity contribution is -0.186. The predicted molar refractivity (Wildman–Crippen MR) is 127 cm³/mol. The normalized spacial score (nSPS) is 20.4. The highest BCUT2D eigenvalue weighted by molar-refractivity contribution is 6.31. The molecule has 1 atom stereocenters. The van der Waals surface area contributed by atoms with Gasteiger partial charge in [-0.3, -0.25) is 9.59 Å². The number of rotatable bonds is 4. The van der Waals surface area contributed by atoms with Crippen LogP contribution in [0.1, 0.15) is 31.4 Å². The summed E-state index contributed by atoms with van der Waals surface area (Å²) in [5.41, 5.74) is 0.0841. The molecule has 1 amide bonds. The molecule has 0 spiro atoms. The van der Waals surface area contributed by atoms with Crippen LogP contribution in [0.4, 0.5) is 14.5 Å². The molecule has 2 aliphatic rings. The number of carbonyl (C=O) groups is 2. The minimum Gasteiger partial charge on any atom is -0.375 e.